The Morgan fingerprint density at radius 2 is 2.00 bits per heavy atom. The molecule has 0 aromatic carbocycles. The highest BCUT2D eigenvalue weighted by atomic mass is 16.6. The lowest BCUT2D eigenvalue weighted by molar-refractivity contribution is -0.153. The maximum atomic E-state index is 11.4. The summed E-state index contributed by atoms with van der Waals surface area (Å²) in [5.74, 6) is -0.196. The van der Waals surface area contributed by atoms with Crippen molar-refractivity contribution in [3.8, 4) is 0 Å². The van der Waals surface area contributed by atoms with Crippen LogP contribution in [0.5, 0.6) is 0 Å². The number of aliphatic hydroxyl groups is 1. The van der Waals surface area contributed by atoms with Gasteiger partial charge in [-0.05, 0) is 40.7 Å². The van der Waals surface area contributed by atoms with E-state index in [-0.39, 0.29) is 12.1 Å². The third-order valence-electron chi connectivity index (χ3n) is 2.54. The summed E-state index contributed by atoms with van der Waals surface area (Å²) in [6.45, 7) is 9.13. The predicted molar refractivity (Wildman–Crippen MR) is 78.0 cm³/mol. The highest BCUT2D eigenvalue weighted by Gasteiger charge is 2.14. The Labute approximate surface area is 117 Å². The topological polar surface area (TPSA) is 49.8 Å². The summed E-state index contributed by atoms with van der Waals surface area (Å²) < 4.78 is 5.20. The van der Waals surface area contributed by atoms with Crippen molar-refractivity contribution < 1.29 is 14.6 Å². The molecule has 0 saturated carbocycles. The number of nitrogens with zero attached hydrogens (tertiary/aromatic N) is 1. The molecule has 1 atom stereocenters. The van der Waals surface area contributed by atoms with Crippen molar-refractivity contribution in [2.45, 2.75) is 58.7 Å². The Balaban J connectivity index is 3.72. The second-order valence-corrected chi connectivity index (χ2v) is 5.87. The van der Waals surface area contributed by atoms with Crippen LogP contribution in [0.3, 0.4) is 0 Å². The molecule has 112 valence electrons. The van der Waals surface area contributed by atoms with Crippen molar-refractivity contribution in [1.82, 2.24) is 4.90 Å². The number of rotatable bonds is 8. The SMILES string of the molecule is CCC(O)CN(C)CCC=CCC(=O)OC(C)(C)C. The summed E-state index contributed by atoms with van der Waals surface area (Å²) in [5.41, 5.74) is -0.415. The van der Waals surface area contributed by atoms with E-state index in [0.29, 0.717) is 13.0 Å². The van der Waals surface area contributed by atoms with Crippen LogP contribution < -0.4 is 0 Å². The van der Waals surface area contributed by atoms with E-state index in [2.05, 4.69) is 4.90 Å². The van der Waals surface area contributed by atoms with Crippen LogP contribution in [0.2, 0.25) is 0 Å². The van der Waals surface area contributed by atoms with Gasteiger partial charge in [-0.1, -0.05) is 19.1 Å². The number of ether oxygens (including phenoxy) is 1. The van der Waals surface area contributed by atoms with Crippen LogP contribution in [0.4, 0.5) is 0 Å². The van der Waals surface area contributed by atoms with Crippen molar-refractivity contribution in [3.63, 3.8) is 0 Å². The van der Waals surface area contributed by atoms with Gasteiger partial charge in [-0.15, -0.1) is 0 Å². The quantitative estimate of drug-likeness (QED) is 0.544. The number of carbonyl (C=O) groups is 1. The average molecular weight is 271 g/mol. The third kappa shape index (κ3) is 11.9. The molecule has 0 aromatic heterocycles. The zero-order chi connectivity index (χ0) is 14.9. The predicted octanol–water partition coefficient (Wildman–Crippen LogP) is 2.37. The molecule has 0 aliphatic rings. The van der Waals surface area contributed by atoms with Gasteiger partial charge in [-0.25, -0.2) is 0 Å². The molecule has 0 radical (unpaired) electrons. The number of hydrogen-bond acceptors (Lipinski definition) is 4. The van der Waals surface area contributed by atoms with E-state index in [0.717, 1.165) is 19.4 Å². The molecule has 0 amide bonds. The van der Waals surface area contributed by atoms with Crippen LogP contribution in [0.25, 0.3) is 0 Å². The van der Waals surface area contributed by atoms with Gasteiger partial charge in [0.25, 0.3) is 0 Å². The molecule has 0 bridgehead atoms. The lowest BCUT2D eigenvalue weighted by atomic mass is 10.2. The minimum Gasteiger partial charge on any atom is -0.460 e. The second-order valence-electron chi connectivity index (χ2n) is 5.87. The molecule has 1 N–H and O–H groups in total. The van der Waals surface area contributed by atoms with Crippen LogP contribution in [0.1, 0.15) is 47.0 Å². The van der Waals surface area contributed by atoms with Gasteiger partial charge in [0.05, 0.1) is 12.5 Å². The molecule has 0 rings (SSSR count). The summed E-state index contributed by atoms with van der Waals surface area (Å²) in [4.78, 5) is 13.5. The first-order chi connectivity index (χ1) is 8.74. The fraction of sp³-hybridized carbons (Fsp3) is 0.800. The van der Waals surface area contributed by atoms with Crippen molar-refractivity contribution >= 4 is 5.97 Å². The van der Waals surface area contributed by atoms with Gasteiger partial charge >= 0.3 is 5.97 Å². The lowest BCUT2D eigenvalue weighted by Gasteiger charge is -2.19. The molecular formula is C15H29NO3. The standard InChI is InChI=1S/C15H29NO3/c1-6-13(17)12-16(5)11-9-7-8-10-14(18)19-15(2,3)4/h7-8,13,17H,6,9-12H2,1-5H3. The van der Waals surface area contributed by atoms with E-state index >= 15 is 0 Å². The number of hydrogen-bond donors (Lipinski definition) is 1. The van der Waals surface area contributed by atoms with Gasteiger partial charge in [0, 0.05) is 13.1 Å². The van der Waals surface area contributed by atoms with Gasteiger partial charge in [-0.3, -0.25) is 4.79 Å². The van der Waals surface area contributed by atoms with Crippen LogP contribution in [-0.4, -0.2) is 47.8 Å². The van der Waals surface area contributed by atoms with Gasteiger partial charge < -0.3 is 14.7 Å². The summed E-state index contributed by atoms with van der Waals surface area (Å²) in [5, 5.41) is 9.49. The third-order valence-corrected chi connectivity index (χ3v) is 2.54. The minimum absolute atomic E-state index is 0.196. The van der Waals surface area contributed by atoms with Crippen LogP contribution >= 0.6 is 0 Å². The lowest BCUT2D eigenvalue weighted by Crippen LogP contribution is -2.29. The summed E-state index contributed by atoms with van der Waals surface area (Å²) in [6.07, 6.45) is 5.54. The molecule has 0 aromatic rings. The van der Waals surface area contributed by atoms with E-state index < -0.39 is 5.60 Å². The molecule has 4 nitrogen and oxygen atoms in total. The van der Waals surface area contributed by atoms with Gasteiger partial charge in [0.2, 0.25) is 0 Å². The highest BCUT2D eigenvalue weighted by Crippen LogP contribution is 2.08. The molecule has 0 aliphatic carbocycles. The first-order valence-electron chi connectivity index (χ1n) is 6.98. The summed E-state index contributed by atoms with van der Waals surface area (Å²) in [7, 11) is 1.99. The minimum atomic E-state index is -0.415. The Morgan fingerprint density at radius 1 is 1.37 bits per heavy atom. The van der Waals surface area contributed by atoms with Crippen LogP contribution in [-0.2, 0) is 9.53 Å². The average Bonchev–Trinajstić information content (AvgIpc) is 2.25. The van der Waals surface area contributed by atoms with Crippen LogP contribution in [0, 0.1) is 0 Å². The van der Waals surface area contributed by atoms with Gasteiger partial charge in [-0.2, -0.15) is 0 Å². The maximum absolute atomic E-state index is 11.4. The van der Waals surface area contributed by atoms with Crippen LogP contribution in [0.15, 0.2) is 12.2 Å². The normalized spacial score (nSPS) is 14.1. The largest absolute Gasteiger partial charge is 0.460 e. The van der Waals surface area contributed by atoms with Crippen molar-refractivity contribution in [2.75, 3.05) is 20.1 Å². The van der Waals surface area contributed by atoms with E-state index in [1.54, 1.807) is 0 Å². The Bertz CT molecular complexity index is 282. The fourth-order valence-electron chi connectivity index (χ4n) is 1.56. The molecule has 4 heteroatoms. The molecule has 1 unspecified atom stereocenters. The molecule has 0 fully saturated rings. The summed E-state index contributed by atoms with van der Waals surface area (Å²) >= 11 is 0. The van der Waals surface area contributed by atoms with Crippen molar-refractivity contribution in [2.24, 2.45) is 0 Å². The Hall–Kier alpha value is -0.870. The molecular weight excluding hydrogens is 242 g/mol. The number of aliphatic hydroxyl groups excluding tert-OH is 1. The first kappa shape index (κ1) is 18.1. The number of likely N-dealkylation sites (N-methyl/N-ethyl adjacent to an activating group) is 1. The van der Waals surface area contributed by atoms with Crippen molar-refractivity contribution in [1.29, 1.82) is 0 Å². The van der Waals surface area contributed by atoms with E-state index in [1.165, 1.54) is 0 Å². The monoisotopic (exact) mass is 271 g/mol. The highest BCUT2D eigenvalue weighted by molar-refractivity contribution is 5.71. The van der Waals surface area contributed by atoms with E-state index in [1.807, 2.05) is 46.9 Å². The Morgan fingerprint density at radius 3 is 2.53 bits per heavy atom. The molecule has 0 aliphatic heterocycles. The molecule has 0 spiro atoms. The fourth-order valence-corrected chi connectivity index (χ4v) is 1.56. The first-order valence-corrected chi connectivity index (χ1v) is 6.98. The van der Waals surface area contributed by atoms with Crippen molar-refractivity contribution in [3.05, 3.63) is 12.2 Å². The smallest absolute Gasteiger partial charge is 0.310 e. The zero-order valence-corrected chi connectivity index (χ0v) is 13.0. The number of carbonyl (C=O) groups excluding carboxylic acids is 1. The molecule has 19 heavy (non-hydrogen) atoms. The van der Waals surface area contributed by atoms with E-state index in [4.69, 9.17) is 4.74 Å². The molecule has 0 heterocycles. The second kappa shape index (κ2) is 9.10. The van der Waals surface area contributed by atoms with Gasteiger partial charge in [0.1, 0.15) is 5.60 Å². The Kier molecular flexibility index (Phi) is 8.68. The molecule has 0 saturated heterocycles. The van der Waals surface area contributed by atoms with E-state index in [9.17, 15) is 9.90 Å². The van der Waals surface area contributed by atoms with Gasteiger partial charge in [0.15, 0.2) is 0 Å². The summed E-state index contributed by atoms with van der Waals surface area (Å²) in [6, 6.07) is 0. The number of esters is 1. The maximum Gasteiger partial charge on any atom is 0.310 e. The zero-order valence-electron chi connectivity index (χ0n) is 13.0.